The molecule has 0 aromatic heterocycles. The van der Waals surface area contributed by atoms with E-state index in [1.54, 1.807) is 0 Å². The first-order valence-corrected chi connectivity index (χ1v) is 4.86. The monoisotopic (exact) mass is 275 g/mol. The second kappa shape index (κ2) is 4.13. The molecule has 1 aliphatic rings. The summed E-state index contributed by atoms with van der Waals surface area (Å²) in [4.78, 5) is 14.0. The van der Waals surface area contributed by atoms with E-state index in [0.29, 0.717) is 0 Å². The van der Waals surface area contributed by atoms with Crippen molar-refractivity contribution in [2.45, 2.75) is 37.7 Å². The Morgan fingerprint density at radius 2 is 1.67 bits per heavy atom. The maximum absolute atomic E-state index is 12.6. The number of alkyl halides is 6. The second-order valence-corrected chi connectivity index (χ2v) is 3.72. The number of amides is 1. The third-order valence-electron chi connectivity index (χ3n) is 2.46. The van der Waals surface area contributed by atoms with Gasteiger partial charge in [-0.05, 0) is 6.42 Å². The molecule has 0 aliphatic carbocycles. The summed E-state index contributed by atoms with van der Waals surface area (Å²) >= 11 is 0. The van der Waals surface area contributed by atoms with Crippen molar-refractivity contribution in [3.8, 4) is 0 Å². The Labute approximate surface area is 98.5 Å². The molecule has 1 aliphatic heterocycles. The molecule has 18 heavy (non-hydrogen) atoms. The van der Waals surface area contributed by atoms with Crippen molar-refractivity contribution in [1.82, 2.24) is 4.90 Å². The van der Waals surface area contributed by atoms with Crippen LogP contribution >= 0.6 is 0 Å². The maximum atomic E-state index is 12.6. The molecule has 0 aromatic carbocycles. The largest absolute Gasteiger partial charge is 0.431 e. The van der Waals surface area contributed by atoms with E-state index in [-0.39, 0.29) is 17.7 Å². The second-order valence-electron chi connectivity index (χ2n) is 3.72. The van der Waals surface area contributed by atoms with Gasteiger partial charge in [0, 0.05) is 13.5 Å². The summed E-state index contributed by atoms with van der Waals surface area (Å²) in [6.07, 6.45) is -11.7. The Morgan fingerprint density at radius 3 is 1.94 bits per heavy atom. The fraction of sp³-hybridized carbons (Fsp3) is 0.667. The fourth-order valence-electron chi connectivity index (χ4n) is 1.56. The van der Waals surface area contributed by atoms with Gasteiger partial charge < -0.3 is 0 Å². The Bertz CT molecular complexity index is 369. The normalized spacial score (nSPS) is 20.3. The summed E-state index contributed by atoms with van der Waals surface area (Å²) in [7, 11) is 2.89. The summed E-state index contributed by atoms with van der Waals surface area (Å²) in [5, 5.41) is 0. The molecule has 103 valence electrons. The van der Waals surface area contributed by atoms with Gasteiger partial charge in [-0.25, -0.2) is 4.99 Å². The molecule has 9 heteroatoms. The lowest BCUT2D eigenvalue weighted by Crippen LogP contribution is -2.61. The highest BCUT2D eigenvalue weighted by Gasteiger charge is 2.79. The Kier molecular flexibility index (Phi) is 3.39. The molecule has 0 atom stereocenters. The standard InChI is InChI=1S/C9H9F6N2O/c1-3-4-5-16-7(8(10,11)12,9(13,14)15)6(18)17(5)2/h2-4H2,1H3. The molecule has 1 radical (unpaired) electrons. The van der Waals surface area contributed by atoms with E-state index in [1.807, 2.05) is 0 Å². The quantitative estimate of drug-likeness (QED) is 0.713. The van der Waals surface area contributed by atoms with Crippen LogP contribution in [0.2, 0.25) is 0 Å². The van der Waals surface area contributed by atoms with Crippen LogP contribution in [0.5, 0.6) is 0 Å². The van der Waals surface area contributed by atoms with E-state index in [0.717, 1.165) is 0 Å². The van der Waals surface area contributed by atoms with Crippen LogP contribution in [0, 0.1) is 7.05 Å². The highest BCUT2D eigenvalue weighted by Crippen LogP contribution is 2.49. The molecule has 0 N–H and O–H groups in total. The number of amidine groups is 1. The van der Waals surface area contributed by atoms with Crippen LogP contribution < -0.4 is 0 Å². The molecule has 1 amide bonds. The zero-order chi connectivity index (χ0) is 14.4. The van der Waals surface area contributed by atoms with Gasteiger partial charge in [-0.3, -0.25) is 9.69 Å². The zero-order valence-electron chi connectivity index (χ0n) is 9.19. The van der Waals surface area contributed by atoms with E-state index in [2.05, 4.69) is 12.0 Å². The number of aliphatic imine (C=N–C) groups is 1. The molecule has 0 spiro atoms. The van der Waals surface area contributed by atoms with E-state index < -0.39 is 29.6 Å². The lowest BCUT2D eigenvalue weighted by Gasteiger charge is -2.29. The van der Waals surface area contributed by atoms with Crippen molar-refractivity contribution in [3.63, 3.8) is 0 Å². The number of nitrogens with zero attached hydrogens (tertiary/aromatic N) is 2. The summed E-state index contributed by atoms with van der Waals surface area (Å²) in [5.74, 6) is -2.83. The van der Waals surface area contributed by atoms with Gasteiger partial charge in [-0.2, -0.15) is 26.3 Å². The number of hydrogen-bond donors (Lipinski definition) is 0. The van der Waals surface area contributed by atoms with Crippen molar-refractivity contribution < 1.29 is 31.1 Å². The number of carbonyl (C=O) groups excluding carboxylic acids is 1. The van der Waals surface area contributed by atoms with Crippen LogP contribution in [0.1, 0.15) is 19.8 Å². The van der Waals surface area contributed by atoms with Crippen LogP contribution in [0.3, 0.4) is 0 Å². The van der Waals surface area contributed by atoms with Crippen molar-refractivity contribution in [2.24, 2.45) is 4.99 Å². The van der Waals surface area contributed by atoms with Crippen LogP contribution in [0.25, 0.3) is 0 Å². The molecule has 0 saturated heterocycles. The maximum Gasteiger partial charge on any atom is 0.431 e. The predicted molar refractivity (Wildman–Crippen MR) is 49.4 cm³/mol. The number of rotatable bonds is 2. The molecular weight excluding hydrogens is 266 g/mol. The minimum absolute atomic E-state index is 0.0739. The van der Waals surface area contributed by atoms with Gasteiger partial charge in [-0.1, -0.05) is 6.92 Å². The van der Waals surface area contributed by atoms with E-state index >= 15 is 0 Å². The fourth-order valence-corrected chi connectivity index (χ4v) is 1.56. The van der Waals surface area contributed by atoms with Gasteiger partial charge in [0.25, 0.3) is 5.91 Å². The first-order chi connectivity index (χ1) is 7.99. The number of hydrogen-bond acceptors (Lipinski definition) is 2. The smallest absolute Gasteiger partial charge is 0.296 e. The average molecular weight is 275 g/mol. The van der Waals surface area contributed by atoms with Gasteiger partial charge in [0.1, 0.15) is 5.84 Å². The van der Waals surface area contributed by atoms with Gasteiger partial charge in [0.05, 0.1) is 0 Å². The molecule has 0 unspecified atom stereocenters. The molecular formula is C9H9F6N2O. The first-order valence-electron chi connectivity index (χ1n) is 4.86. The SMILES string of the molecule is [CH2]N1C(=O)C(C(F)(F)F)(C(F)(F)F)N=C1CCC. The van der Waals surface area contributed by atoms with Crippen molar-refractivity contribution >= 4 is 11.7 Å². The minimum atomic E-state index is -5.85. The van der Waals surface area contributed by atoms with Crippen LogP contribution in [-0.2, 0) is 4.79 Å². The highest BCUT2D eigenvalue weighted by atomic mass is 19.4. The zero-order valence-corrected chi connectivity index (χ0v) is 9.19. The molecule has 0 fully saturated rings. The van der Waals surface area contributed by atoms with Gasteiger partial charge in [0.15, 0.2) is 0 Å². The van der Waals surface area contributed by atoms with Crippen LogP contribution in [0.15, 0.2) is 4.99 Å². The highest BCUT2D eigenvalue weighted by molar-refractivity contribution is 6.09. The molecule has 1 rings (SSSR count). The molecule has 1 heterocycles. The number of carbonyl (C=O) groups is 1. The Morgan fingerprint density at radius 1 is 1.22 bits per heavy atom. The van der Waals surface area contributed by atoms with Gasteiger partial charge >= 0.3 is 17.9 Å². The summed E-state index contributed by atoms with van der Waals surface area (Å²) in [6.45, 7) is 1.53. The average Bonchev–Trinajstić information content (AvgIpc) is 2.42. The lowest BCUT2D eigenvalue weighted by molar-refractivity contribution is -0.283. The molecule has 0 bridgehead atoms. The topological polar surface area (TPSA) is 32.7 Å². The molecule has 0 saturated carbocycles. The van der Waals surface area contributed by atoms with Crippen LogP contribution in [0.4, 0.5) is 26.3 Å². The van der Waals surface area contributed by atoms with Crippen molar-refractivity contribution in [2.75, 3.05) is 0 Å². The number of halogens is 6. The Balaban J connectivity index is 3.43. The van der Waals surface area contributed by atoms with E-state index in [4.69, 9.17) is 0 Å². The first kappa shape index (κ1) is 14.8. The lowest BCUT2D eigenvalue weighted by atomic mass is 9.98. The van der Waals surface area contributed by atoms with Gasteiger partial charge in [-0.15, -0.1) is 0 Å². The third-order valence-corrected chi connectivity index (χ3v) is 2.46. The third kappa shape index (κ3) is 1.85. The molecule has 0 aromatic rings. The van der Waals surface area contributed by atoms with Crippen LogP contribution in [-0.4, -0.2) is 34.5 Å². The molecule has 3 nitrogen and oxygen atoms in total. The van der Waals surface area contributed by atoms with E-state index in [9.17, 15) is 31.1 Å². The minimum Gasteiger partial charge on any atom is -0.296 e. The Hall–Kier alpha value is -1.28. The summed E-state index contributed by atoms with van der Waals surface area (Å²) in [5.41, 5.74) is -4.72. The van der Waals surface area contributed by atoms with Crippen molar-refractivity contribution in [1.29, 1.82) is 0 Å². The van der Waals surface area contributed by atoms with E-state index in [1.165, 1.54) is 6.92 Å². The van der Waals surface area contributed by atoms with Crippen molar-refractivity contribution in [3.05, 3.63) is 7.05 Å². The summed E-state index contributed by atoms with van der Waals surface area (Å²) < 4.78 is 75.9. The van der Waals surface area contributed by atoms with Gasteiger partial charge in [0.2, 0.25) is 0 Å². The summed E-state index contributed by atoms with van der Waals surface area (Å²) in [6, 6.07) is 0. The predicted octanol–water partition coefficient (Wildman–Crippen LogP) is 2.68.